The normalized spacial score (nSPS) is 11.0. The molecule has 26 heavy (non-hydrogen) atoms. The molecule has 0 saturated heterocycles. The van der Waals surface area contributed by atoms with Gasteiger partial charge in [0.2, 0.25) is 0 Å². The molecule has 0 unspecified atom stereocenters. The maximum Gasteiger partial charge on any atom is 1.00 e. The van der Waals surface area contributed by atoms with Gasteiger partial charge in [-0.2, -0.15) is 0 Å². The Labute approximate surface area is 179 Å². The van der Waals surface area contributed by atoms with E-state index in [0.717, 1.165) is 43.4 Å². The van der Waals surface area contributed by atoms with E-state index in [1.807, 2.05) is 42.5 Å². The molecule has 0 fully saturated rings. The smallest absolute Gasteiger partial charge is 0.748 e. The van der Waals surface area contributed by atoms with Crippen molar-refractivity contribution in [2.24, 2.45) is 0 Å². The molecule has 0 bridgehead atoms. The molecular weight excluding hydrogens is 359 g/mol. The zero-order chi connectivity index (χ0) is 18.0. The standard InChI is InChI=1S/C20H26O4S.Na/c21-25(22,23)15-8-3-1-2-5-10-18-13-9-14-20(16-18)24-17-19-11-6-4-7-12-19;/h4,6-7,9,11-14,16H,1-3,5,8,10,15,17H2,(H,21,22,23);/q;+1/p-1. The van der Waals surface area contributed by atoms with Crippen molar-refractivity contribution in [1.82, 2.24) is 0 Å². The van der Waals surface area contributed by atoms with Gasteiger partial charge in [0, 0.05) is 5.75 Å². The number of benzene rings is 2. The summed E-state index contributed by atoms with van der Waals surface area (Å²) in [5.41, 5.74) is 2.39. The van der Waals surface area contributed by atoms with Crippen molar-refractivity contribution in [1.29, 1.82) is 0 Å². The van der Waals surface area contributed by atoms with E-state index >= 15 is 0 Å². The topological polar surface area (TPSA) is 66.4 Å². The molecule has 0 radical (unpaired) electrons. The number of hydrogen-bond acceptors (Lipinski definition) is 4. The Morgan fingerprint density at radius 3 is 2.19 bits per heavy atom. The minimum atomic E-state index is -4.05. The SMILES string of the molecule is O=S(=O)([O-])CCCCCCCc1cccc(OCc2ccccc2)c1.[Na+]. The fraction of sp³-hybridized carbons (Fsp3) is 0.400. The molecule has 0 spiro atoms. The second-order valence-corrected chi connectivity index (χ2v) is 7.72. The molecular formula is C20H25NaO4S. The molecule has 6 heteroatoms. The third kappa shape index (κ3) is 10.3. The van der Waals surface area contributed by atoms with Crippen LogP contribution >= 0.6 is 0 Å². The van der Waals surface area contributed by atoms with E-state index < -0.39 is 10.1 Å². The van der Waals surface area contributed by atoms with E-state index in [0.29, 0.717) is 13.0 Å². The molecule has 0 N–H and O–H groups in total. The average Bonchev–Trinajstić information content (AvgIpc) is 2.59. The quantitative estimate of drug-likeness (QED) is 0.333. The molecule has 0 aliphatic carbocycles. The summed E-state index contributed by atoms with van der Waals surface area (Å²) in [5.74, 6) is 0.635. The first-order valence-corrected chi connectivity index (χ1v) is 10.3. The van der Waals surface area contributed by atoms with Crippen LogP contribution in [0.3, 0.4) is 0 Å². The Balaban J connectivity index is 0.00000338. The number of aryl methyl sites for hydroxylation is 1. The average molecular weight is 384 g/mol. The summed E-state index contributed by atoms with van der Waals surface area (Å²) < 4.78 is 37.4. The Bertz CT molecular complexity index is 732. The van der Waals surface area contributed by atoms with Gasteiger partial charge >= 0.3 is 29.6 Å². The van der Waals surface area contributed by atoms with E-state index in [-0.39, 0.29) is 35.3 Å². The predicted octanol–water partition coefficient (Wildman–Crippen LogP) is 1.31. The van der Waals surface area contributed by atoms with E-state index in [2.05, 4.69) is 12.1 Å². The van der Waals surface area contributed by atoms with Gasteiger partial charge in [-0.1, -0.05) is 61.7 Å². The van der Waals surface area contributed by atoms with Gasteiger partial charge < -0.3 is 9.29 Å². The van der Waals surface area contributed by atoms with Crippen molar-refractivity contribution >= 4 is 10.1 Å². The van der Waals surface area contributed by atoms with Crippen LogP contribution in [-0.4, -0.2) is 18.7 Å². The second-order valence-electron chi connectivity index (χ2n) is 6.20. The fourth-order valence-corrected chi connectivity index (χ4v) is 3.23. The van der Waals surface area contributed by atoms with Crippen LogP contribution in [0, 0.1) is 0 Å². The molecule has 4 nitrogen and oxygen atoms in total. The van der Waals surface area contributed by atoms with Crippen molar-refractivity contribution in [3.63, 3.8) is 0 Å². The summed E-state index contributed by atoms with van der Waals surface area (Å²) in [6.07, 6.45) is 5.28. The molecule has 0 aliphatic rings. The van der Waals surface area contributed by atoms with Crippen LogP contribution in [-0.2, 0) is 23.1 Å². The summed E-state index contributed by atoms with van der Waals surface area (Å²) in [6.45, 7) is 0.562. The van der Waals surface area contributed by atoms with Gasteiger partial charge in [-0.05, 0) is 42.5 Å². The molecule has 2 aromatic carbocycles. The van der Waals surface area contributed by atoms with Gasteiger partial charge in [-0.25, -0.2) is 8.42 Å². The van der Waals surface area contributed by atoms with Crippen molar-refractivity contribution < 1.29 is 47.3 Å². The zero-order valence-corrected chi connectivity index (χ0v) is 18.2. The molecule has 136 valence electrons. The number of rotatable bonds is 11. The molecule has 2 aromatic rings. The van der Waals surface area contributed by atoms with Gasteiger partial charge in [-0.3, -0.25) is 0 Å². The summed E-state index contributed by atoms with van der Waals surface area (Å²) in [6, 6.07) is 18.2. The van der Waals surface area contributed by atoms with E-state index in [1.54, 1.807) is 0 Å². The van der Waals surface area contributed by atoms with E-state index in [1.165, 1.54) is 5.56 Å². The van der Waals surface area contributed by atoms with Gasteiger partial charge in [0.05, 0.1) is 10.1 Å². The summed E-state index contributed by atoms with van der Waals surface area (Å²) >= 11 is 0. The third-order valence-corrected chi connectivity index (χ3v) is 4.80. The van der Waals surface area contributed by atoms with E-state index in [4.69, 9.17) is 4.74 Å². The first-order valence-electron chi connectivity index (χ1n) is 8.72. The summed E-state index contributed by atoms with van der Waals surface area (Å²) in [7, 11) is -4.05. The summed E-state index contributed by atoms with van der Waals surface area (Å²) in [5, 5.41) is 0. The number of hydrogen-bond donors (Lipinski definition) is 0. The molecule has 0 aromatic heterocycles. The maximum atomic E-state index is 10.5. The minimum absolute atomic E-state index is 0. The Morgan fingerprint density at radius 2 is 1.46 bits per heavy atom. The third-order valence-electron chi connectivity index (χ3n) is 4.01. The monoisotopic (exact) mass is 384 g/mol. The summed E-state index contributed by atoms with van der Waals surface area (Å²) in [4.78, 5) is 0. The van der Waals surface area contributed by atoms with Crippen LogP contribution in [0.25, 0.3) is 0 Å². The molecule has 0 aliphatic heterocycles. The minimum Gasteiger partial charge on any atom is -0.748 e. The van der Waals surface area contributed by atoms with Crippen LogP contribution < -0.4 is 34.3 Å². The van der Waals surface area contributed by atoms with Gasteiger partial charge in [0.15, 0.2) is 0 Å². The first kappa shape index (κ1) is 23.2. The molecule has 0 heterocycles. The Morgan fingerprint density at radius 1 is 0.808 bits per heavy atom. The largest absolute Gasteiger partial charge is 1.00 e. The van der Waals surface area contributed by atoms with Crippen LogP contribution in [0.15, 0.2) is 54.6 Å². The number of unbranched alkanes of at least 4 members (excludes halogenated alkanes) is 4. The van der Waals surface area contributed by atoms with Gasteiger partial charge in [-0.15, -0.1) is 0 Å². The van der Waals surface area contributed by atoms with E-state index in [9.17, 15) is 13.0 Å². The van der Waals surface area contributed by atoms with Crippen molar-refractivity contribution in [3.8, 4) is 5.75 Å². The van der Waals surface area contributed by atoms with Crippen molar-refractivity contribution in [2.75, 3.05) is 5.75 Å². The fourth-order valence-electron chi connectivity index (χ4n) is 2.67. The predicted molar refractivity (Wildman–Crippen MR) is 98.6 cm³/mol. The van der Waals surface area contributed by atoms with Crippen LogP contribution in [0.2, 0.25) is 0 Å². The molecule has 0 saturated carbocycles. The molecule has 2 rings (SSSR count). The number of ether oxygens (including phenoxy) is 1. The zero-order valence-electron chi connectivity index (χ0n) is 15.4. The van der Waals surface area contributed by atoms with Gasteiger partial charge in [0.1, 0.15) is 12.4 Å². The second kappa shape index (κ2) is 12.5. The van der Waals surface area contributed by atoms with Crippen LogP contribution in [0.5, 0.6) is 5.75 Å². The molecule has 0 atom stereocenters. The van der Waals surface area contributed by atoms with Crippen molar-refractivity contribution in [3.05, 3.63) is 65.7 Å². The maximum absolute atomic E-state index is 10.5. The Kier molecular flexibility index (Phi) is 11.2. The Hall–Kier alpha value is -0.850. The van der Waals surface area contributed by atoms with Crippen molar-refractivity contribution in [2.45, 2.75) is 45.1 Å². The van der Waals surface area contributed by atoms with Crippen LogP contribution in [0.1, 0.15) is 43.2 Å². The molecule has 0 amide bonds. The van der Waals surface area contributed by atoms with Gasteiger partial charge in [0.25, 0.3) is 0 Å². The first-order chi connectivity index (χ1) is 12.0. The van der Waals surface area contributed by atoms with Crippen LogP contribution in [0.4, 0.5) is 0 Å².